The summed E-state index contributed by atoms with van der Waals surface area (Å²) in [6.45, 7) is 7.14. The number of anilines is 2. The Hall–Kier alpha value is -2.15. The number of halogens is 3. The van der Waals surface area contributed by atoms with E-state index >= 15 is 0 Å². The lowest BCUT2D eigenvalue weighted by Gasteiger charge is -2.25. The molecule has 0 aliphatic carbocycles. The fraction of sp³-hybridized carbons (Fsp3) is 0.300. The van der Waals surface area contributed by atoms with Crippen LogP contribution in [-0.4, -0.2) is 22.7 Å². The van der Waals surface area contributed by atoms with Crippen molar-refractivity contribution in [2.45, 2.75) is 38.8 Å². The minimum Gasteiger partial charge on any atom is -0.342 e. The van der Waals surface area contributed by atoms with Gasteiger partial charge >= 0.3 is 0 Å². The van der Waals surface area contributed by atoms with Crippen molar-refractivity contribution in [2.24, 2.45) is 10.2 Å². The maximum absolute atomic E-state index is 8.32. The Labute approximate surface area is 187 Å². The third-order valence-electron chi connectivity index (χ3n) is 4.00. The van der Waals surface area contributed by atoms with Crippen LogP contribution in [0.3, 0.4) is 0 Å². The van der Waals surface area contributed by atoms with Gasteiger partial charge in [-0.25, -0.2) is 0 Å². The molecule has 0 bridgehead atoms. The standard InChI is InChI=1S/C20H24Cl2N6.ClH/c1-19(2,17(23)25-15-9-5-13(21)6-10-15)27-28-20(3,4)18(24)26-16-11-7-14(22)8-12-16;/h5-12H,1-4H3,(H2,23,25)(H2,24,26);1H/b28-27+;. The van der Waals surface area contributed by atoms with Crippen molar-refractivity contribution in [3.05, 3.63) is 58.6 Å². The van der Waals surface area contributed by atoms with Gasteiger partial charge in [0.15, 0.2) is 0 Å². The molecule has 9 heteroatoms. The Kier molecular flexibility index (Phi) is 8.63. The quantitative estimate of drug-likeness (QED) is 0.216. The van der Waals surface area contributed by atoms with Gasteiger partial charge in [-0.1, -0.05) is 23.2 Å². The van der Waals surface area contributed by atoms with Crippen LogP contribution in [0.15, 0.2) is 58.8 Å². The van der Waals surface area contributed by atoms with E-state index in [1.807, 2.05) is 0 Å². The molecule has 0 spiro atoms. The Morgan fingerprint density at radius 3 is 1.24 bits per heavy atom. The molecule has 0 aromatic heterocycles. The molecule has 0 saturated carbocycles. The largest absolute Gasteiger partial charge is 0.342 e. The third-order valence-corrected chi connectivity index (χ3v) is 4.50. The highest BCUT2D eigenvalue weighted by molar-refractivity contribution is 6.31. The first-order valence-corrected chi connectivity index (χ1v) is 9.42. The van der Waals surface area contributed by atoms with Crippen LogP contribution in [-0.2, 0) is 0 Å². The van der Waals surface area contributed by atoms with Gasteiger partial charge in [0.1, 0.15) is 22.7 Å². The van der Waals surface area contributed by atoms with Gasteiger partial charge in [0.2, 0.25) is 0 Å². The fourth-order valence-corrected chi connectivity index (χ4v) is 2.26. The number of nitrogens with zero attached hydrogens (tertiary/aromatic N) is 2. The second-order valence-electron chi connectivity index (χ2n) is 7.33. The van der Waals surface area contributed by atoms with Crippen LogP contribution in [0.1, 0.15) is 27.7 Å². The molecule has 0 heterocycles. The van der Waals surface area contributed by atoms with E-state index in [9.17, 15) is 0 Å². The van der Waals surface area contributed by atoms with Crippen LogP contribution in [0.4, 0.5) is 11.4 Å². The zero-order valence-electron chi connectivity index (χ0n) is 16.7. The smallest absolute Gasteiger partial charge is 0.133 e. The number of nitrogens with one attached hydrogen (secondary N) is 4. The van der Waals surface area contributed by atoms with Gasteiger partial charge in [0.05, 0.1) is 0 Å². The summed E-state index contributed by atoms with van der Waals surface area (Å²) < 4.78 is 0. The molecular formula is C20H25Cl3N6. The number of rotatable bonds is 6. The average Bonchev–Trinajstić information content (AvgIpc) is 2.64. The van der Waals surface area contributed by atoms with Gasteiger partial charge in [-0.05, 0) is 76.2 Å². The molecule has 0 fully saturated rings. The van der Waals surface area contributed by atoms with Crippen molar-refractivity contribution in [2.75, 3.05) is 10.6 Å². The highest BCUT2D eigenvalue weighted by Gasteiger charge is 2.28. The van der Waals surface area contributed by atoms with Gasteiger partial charge in [-0.2, -0.15) is 10.2 Å². The van der Waals surface area contributed by atoms with Gasteiger partial charge < -0.3 is 10.6 Å². The van der Waals surface area contributed by atoms with E-state index in [2.05, 4.69) is 20.9 Å². The normalized spacial score (nSPS) is 11.7. The zero-order valence-corrected chi connectivity index (χ0v) is 19.0. The van der Waals surface area contributed by atoms with Crippen LogP contribution in [0.5, 0.6) is 0 Å². The summed E-state index contributed by atoms with van der Waals surface area (Å²) in [6, 6.07) is 14.2. The van der Waals surface area contributed by atoms with Gasteiger partial charge in [-0.3, -0.25) is 10.8 Å². The van der Waals surface area contributed by atoms with E-state index in [1.54, 1.807) is 76.2 Å². The Morgan fingerprint density at radius 2 is 0.966 bits per heavy atom. The molecule has 2 aromatic rings. The molecule has 6 nitrogen and oxygen atoms in total. The third kappa shape index (κ3) is 7.31. The summed E-state index contributed by atoms with van der Waals surface area (Å²) in [4.78, 5) is 0. The van der Waals surface area contributed by atoms with E-state index in [4.69, 9.17) is 34.0 Å². The minimum atomic E-state index is -0.891. The molecule has 0 unspecified atom stereocenters. The lowest BCUT2D eigenvalue weighted by molar-refractivity contribution is 0.561. The molecule has 2 aromatic carbocycles. The summed E-state index contributed by atoms with van der Waals surface area (Å²) >= 11 is 11.8. The van der Waals surface area contributed by atoms with Gasteiger partial charge in [0, 0.05) is 21.4 Å². The molecule has 0 atom stereocenters. The van der Waals surface area contributed by atoms with E-state index in [0.29, 0.717) is 10.0 Å². The van der Waals surface area contributed by atoms with Crippen LogP contribution < -0.4 is 10.6 Å². The number of hydrogen-bond acceptors (Lipinski definition) is 4. The predicted molar refractivity (Wildman–Crippen MR) is 126 cm³/mol. The molecule has 0 aliphatic heterocycles. The summed E-state index contributed by atoms with van der Waals surface area (Å²) in [5.74, 6) is 0.373. The Bertz CT molecular complexity index is 801. The Morgan fingerprint density at radius 1 is 0.690 bits per heavy atom. The molecule has 0 saturated heterocycles. The number of amidine groups is 2. The van der Waals surface area contributed by atoms with Crippen molar-refractivity contribution in [3.63, 3.8) is 0 Å². The van der Waals surface area contributed by atoms with Crippen molar-refractivity contribution < 1.29 is 0 Å². The monoisotopic (exact) mass is 454 g/mol. The molecule has 4 N–H and O–H groups in total. The minimum absolute atomic E-state index is 0. The predicted octanol–water partition coefficient (Wildman–Crippen LogP) is 6.90. The topological polar surface area (TPSA) is 96.5 Å². The van der Waals surface area contributed by atoms with Crippen molar-refractivity contribution in [1.29, 1.82) is 10.8 Å². The molecule has 2 rings (SSSR count). The second kappa shape index (κ2) is 10.1. The number of hydrogen-bond donors (Lipinski definition) is 4. The van der Waals surface area contributed by atoms with Crippen molar-refractivity contribution >= 4 is 58.7 Å². The highest BCUT2D eigenvalue weighted by atomic mass is 35.5. The molecule has 0 radical (unpaired) electrons. The maximum atomic E-state index is 8.32. The molecule has 0 amide bonds. The summed E-state index contributed by atoms with van der Waals surface area (Å²) in [6.07, 6.45) is 0. The van der Waals surface area contributed by atoms with E-state index < -0.39 is 11.1 Å². The fourth-order valence-electron chi connectivity index (χ4n) is 2.01. The zero-order chi connectivity index (χ0) is 20.9. The molecule has 156 valence electrons. The molecule has 29 heavy (non-hydrogen) atoms. The van der Waals surface area contributed by atoms with E-state index in [1.165, 1.54) is 0 Å². The Balaban J connectivity index is 0.00000420. The van der Waals surface area contributed by atoms with Gasteiger partial charge in [-0.15, -0.1) is 12.4 Å². The number of azo groups is 1. The average molecular weight is 456 g/mol. The van der Waals surface area contributed by atoms with Crippen molar-refractivity contribution in [3.8, 4) is 0 Å². The maximum Gasteiger partial charge on any atom is 0.133 e. The molecule has 0 aliphatic rings. The highest BCUT2D eigenvalue weighted by Crippen LogP contribution is 2.22. The van der Waals surface area contributed by atoms with Crippen LogP contribution >= 0.6 is 35.6 Å². The first-order chi connectivity index (χ1) is 13.0. The number of benzene rings is 2. The van der Waals surface area contributed by atoms with E-state index in [0.717, 1.165) is 11.4 Å². The van der Waals surface area contributed by atoms with Crippen molar-refractivity contribution in [1.82, 2.24) is 0 Å². The van der Waals surface area contributed by atoms with Gasteiger partial charge in [0.25, 0.3) is 0 Å². The second-order valence-corrected chi connectivity index (χ2v) is 8.20. The van der Waals surface area contributed by atoms with Crippen LogP contribution in [0.25, 0.3) is 0 Å². The first-order valence-electron chi connectivity index (χ1n) is 8.67. The summed E-state index contributed by atoms with van der Waals surface area (Å²) in [5, 5.41) is 32.6. The first kappa shape index (κ1) is 24.9. The van der Waals surface area contributed by atoms with E-state index in [-0.39, 0.29) is 24.1 Å². The molecular weight excluding hydrogens is 431 g/mol. The lowest BCUT2D eigenvalue weighted by atomic mass is 10.0. The summed E-state index contributed by atoms with van der Waals surface area (Å²) in [5.41, 5.74) is -0.294. The summed E-state index contributed by atoms with van der Waals surface area (Å²) in [7, 11) is 0. The van der Waals surface area contributed by atoms with Crippen LogP contribution in [0.2, 0.25) is 10.0 Å². The SMILES string of the molecule is CC(C)(/N=N/C(C)(C)C(=N)Nc1ccc(Cl)cc1)C(=N)Nc1ccc(Cl)cc1.Cl. The van der Waals surface area contributed by atoms with Crippen LogP contribution in [0, 0.1) is 10.8 Å². The lowest BCUT2D eigenvalue weighted by Crippen LogP contribution is -2.38.